The summed E-state index contributed by atoms with van der Waals surface area (Å²) >= 11 is 19.0. The molecule has 0 spiro atoms. The Morgan fingerprint density at radius 3 is 2.18 bits per heavy atom. The van der Waals surface area contributed by atoms with Crippen LogP contribution in [0.3, 0.4) is 0 Å². The van der Waals surface area contributed by atoms with Gasteiger partial charge in [-0.25, -0.2) is 4.79 Å². The largest absolute Gasteiger partial charge is 0.423 e. The van der Waals surface area contributed by atoms with E-state index in [0.29, 0.717) is 37.5 Å². The molecule has 4 rings (SSSR count). The van der Waals surface area contributed by atoms with E-state index in [1.54, 1.807) is 72.8 Å². The van der Waals surface area contributed by atoms with Crippen LogP contribution < -0.4 is 4.74 Å². The topological polar surface area (TPSA) is 63.7 Å². The van der Waals surface area contributed by atoms with Crippen LogP contribution in [0, 0.1) is 0 Å². The lowest BCUT2D eigenvalue weighted by atomic mass is 10.2. The highest BCUT2D eigenvalue weighted by molar-refractivity contribution is 8.18. The molecule has 0 radical (unpaired) electrons. The van der Waals surface area contributed by atoms with Gasteiger partial charge in [0.2, 0.25) is 0 Å². The average Bonchev–Trinajstić information content (AvgIpc) is 3.05. The van der Waals surface area contributed by atoms with E-state index in [1.165, 1.54) is 0 Å². The van der Waals surface area contributed by atoms with Gasteiger partial charge >= 0.3 is 5.97 Å². The summed E-state index contributed by atoms with van der Waals surface area (Å²) in [5.41, 5.74) is 1.55. The normalized spacial score (nSPS) is 14.8. The number of thioether (sulfide) groups is 1. The summed E-state index contributed by atoms with van der Waals surface area (Å²) < 4.78 is 5.35. The highest BCUT2D eigenvalue weighted by Crippen LogP contribution is 2.35. The van der Waals surface area contributed by atoms with Crippen LogP contribution in [0.15, 0.2) is 71.6 Å². The lowest BCUT2D eigenvalue weighted by Gasteiger charge is -2.14. The predicted octanol–water partition coefficient (Wildman–Crippen LogP) is 7.10. The second-order valence-electron chi connectivity index (χ2n) is 6.93. The lowest BCUT2D eigenvalue weighted by Crippen LogP contribution is -2.27. The van der Waals surface area contributed by atoms with Crippen molar-refractivity contribution in [3.63, 3.8) is 0 Å². The Morgan fingerprint density at radius 2 is 1.55 bits per heavy atom. The molecule has 3 aromatic rings. The maximum absolute atomic E-state index is 12.8. The van der Waals surface area contributed by atoms with Crippen LogP contribution in [0.1, 0.15) is 21.5 Å². The van der Waals surface area contributed by atoms with E-state index in [1.807, 2.05) is 0 Å². The average molecular weight is 519 g/mol. The number of hydrogen-bond acceptors (Lipinski definition) is 5. The third-order valence-corrected chi connectivity index (χ3v) is 6.59. The number of esters is 1. The Hall–Kier alpha value is -2.77. The molecule has 1 aliphatic rings. The number of rotatable bonds is 5. The Labute approximate surface area is 208 Å². The first kappa shape index (κ1) is 23.4. The number of hydrogen-bond donors (Lipinski definition) is 0. The van der Waals surface area contributed by atoms with Gasteiger partial charge in [-0.05, 0) is 71.9 Å². The molecule has 0 atom stereocenters. The van der Waals surface area contributed by atoms with Crippen LogP contribution in [0.4, 0.5) is 4.79 Å². The fourth-order valence-corrected chi connectivity index (χ4v) is 4.49. The molecule has 0 aromatic heterocycles. The summed E-state index contributed by atoms with van der Waals surface area (Å²) in [4.78, 5) is 38.8. The minimum atomic E-state index is -0.515. The minimum Gasteiger partial charge on any atom is -0.423 e. The number of carbonyl (C=O) groups is 3. The number of halogens is 3. The van der Waals surface area contributed by atoms with Gasteiger partial charge in [-0.2, -0.15) is 0 Å². The third kappa shape index (κ3) is 5.42. The predicted molar refractivity (Wildman–Crippen MR) is 131 cm³/mol. The van der Waals surface area contributed by atoms with Gasteiger partial charge in [0.25, 0.3) is 11.1 Å². The van der Waals surface area contributed by atoms with E-state index in [0.717, 1.165) is 16.7 Å². The molecule has 2 amide bonds. The highest BCUT2D eigenvalue weighted by atomic mass is 35.5. The summed E-state index contributed by atoms with van der Waals surface area (Å²) in [5, 5.41) is 0.884. The van der Waals surface area contributed by atoms with Gasteiger partial charge in [-0.1, -0.05) is 53.0 Å². The Bertz CT molecular complexity index is 1250. The highest BCUT2D eigenvalue weighted by Gasteiger charge is 2.35. The molecule has 1 fully saturated rings. The van der Waals surface area contributed by atoms with Crippen molar-refractivity contribution in [2.75, 3.05) is 0 Å². The van der Waals surface area contributed by atoms with Crippen LogP contribution in [-0.4, -0.2) is 22.0 Å². The number of amides is 2. The lowest BCUT2D eigenvalue weighted by molar-refractivity contribution is -0.123. The molecule has 0 saturated carbocycles. The molecule has 0 unspecified atom stereocenters. The van der Waals surface area contributed by atoms with Crippen molar-refractivity contribution in [3.8, 4) is 5.75 Å². The SMILES string of the molecule is O=C(Oc1ccc(/C=C2\SC(=O)N(Cc3c(Cl)cccc3Cl)C2=O)cc1)c1ccc(Cl)cc1. The zero-order valence-corrected chi connectivity index (χ0v) is 19.8. The molecular weight excluding hydrogens is 505 g/mol. The van der Waals surface area contributed by atoms with Crippen molar-refractivity contribution in [2.24, 2.45) is 0 Å². The Morgan fingerprint density at radius 1 is 0.909 bits per heavy atom. The van der Waals surface area contributed by atoms with E-state index in [4.69, 9.17) is 39.5 Å². The molecule has 3 aromatic carbocycles. The summed E-state index contributed by atoms with van der Waals surface area (Å²) in [6.07, 6.45) is 1.60. The first-order valence-electron chi connectivity index (χ1n) is 9.58. The quantitative estimate of drug-likeness (QED) is 0.205. The zero-order chi connectivity index (χ0) is 23.5. The van der Waals surface area contributed by atoms with Crippen LogP contribution >= 0.6 is 46.6 Å². The summed E-state index contributed by atoms with van der Waals surface area (Å²) in [7, 11) is 0. The van der Waals surface area contributed by atoms with Gasteiger partial charge in [0.1, 0.15) is 5.75 Å². The molecule has 0 bridgehead atoms. The third-order valence-electron chi connectivity index (χ3n) is 4.72. The molecule has 0 aliphatic carbocycles. The molecule has 1 aliphatic heterocycles. The monoisotopic (exact) mass is 517 g/mol. The Kier molecular flexibility index (Phi) is 7.10. The van der Waals surface area contributed by atoms with Crippen molar-refractivity contribution in [1.29, 1.82) is 0 Å². The van der Waals surface area contributed by atoms with E-state index in [2.05, 4.69) is 0 Å². The number of benzene rings is 3. The van der Waals surface area contributed by atoms with Gasteiger partial charge in [-0.15, -0.1) is 0 Å². The molecule has 166 valence electrons. The number of carbonyl (C=O) groups excluding carboxylic acids is 3. The molecular formula is C24H14Cl3NO4S. The van der Waals surface area contributed by atoms with Gasteiger partial charge < -0.3 is 4.74 Å². The van der Waals surface area contributed by atoms with Crippen molar-refractivity contribution in [2.45, 2.75) is 6.54 Å². The van der Waals surface area contributed by atoms with Crippen molar-refractivity contribution in [3.05, 3.63) is 103 Å². The summed E-state index contributed by atoms with van der Waals surface area (Å²) in [6.45, 7) is -0.0138. The summed E-state index contributed by atoms with van der Waals surface area (Å²) in [6, 6.07) is 17.9. The van der Waals surface area contributed by atoms with Crippen molar-refractivity contribution < 1.29 is 19.1 Å². The van der Waals surface area contributed by atoms with E-state index < -0.39 is 17.1 Å². The molecule has 9 heteroatoms. The van der Waals surface area contributed by atoms with Gasteiger partial charge in [0.15, 0.2) is 0 Å². The molecule has 1 heterocycles. The Balaban J connectivity index is 1.45. The van der Waals surface area contributed by atoms with Gasteiger partial charge in [0.05, 0.1) is 17.0 Å². The van der Waals surface area contributed by atoms with Crippen molar-refractivity contribution in [1.82, 2.24) is 4.90 Å². The fraction of sp³-hybridized carbons (Fsp3) is 0.0417. The van der Waals surface area contributed by atoms with E-state index in [9.17, 15) is 14.4 Å². The van der Waals surface area contributed by atoms with Gasteiger partial charge in [-0.3, -0.25) is 14.5 Å². The number of imide groups is 1. The van der Waals surface area contributed by atoms with Crippen LogP contribution in [0.25, 0.3) is 6.08 Å². The maximum atomic E-state index is 12.8. The number of ether oxygens (including phenoxy) is 1. The molecule has 1 saturated heterocycles. The van der Waals surface area contributed by atoms with Crippen LogP contribution in [0.5, 0.6) is 5.75 Å². The standard InChI is InChI=1S/C24H14Cl3NO4S/c25-16-8-6-15(7-9-16)23(30)32-17-10-4-14(5-11-17)12-21-22(29)28(24(31)33-21)13-18-19(26)2-1-3-20(18)27/h1-12H,13H2/b21-12-. The molecule has 33 heavy (non-hydrogen) atoms. The van der Waals surface area contributed by atoms with Crippen molar-refractivity contribution >= 4 is 69.8 Å². The smallest absolute Gasteiger partial charge is 0.343 e. The van der Waals surface area contributed by atoms with Gasteiger partial charge in [0, 0.05) is 20.6 Å². The zero-order valence-electron chi connectivity index (χ0n) is 16.8. The minimum absolute atomic E-state index is 0.0138. The van der Waals surface area contributed by atoms with Crippen LogP contribution in [-0.2, 0) is 11.3 Å². The van der Waals surface area contributed by atoms with E-state index >= 15 is 0 Å². The van der Waals surface area contributed by atoms with E-state index in [-0.39, 0.29) is 11.4 Å². The second-order valence-corrected chi connectivity index (χ2v) is 9.18. The fourth-order valence-electron chi connectivity index (χ4n) is 3.01. The number of nitrogens with zero attached hydrogens (tertiary/aromatic N) is 1. The molecule has 0 N–H and O–H groups in total. The summed E-state index contributed by atoms with van der Waals surface area (Å²) in [5.74, 6) is -0.605. The first-order chi connectivity index (χ1) is 15.8. The first-order valence-corrected chi connectivity index (χ1v) is 11.5. The maximum Gasteiger partial charge on any atom is 0.343 e. The van der Waals surface area contributed by atoms with Crippen LogP contribution in [0.2, 0.25) is 15.1 Å². The molecule has 5 nitrogen and oxygen atoms in total. The second kappa shape index (κ2) is 10.0.